The molecule has 0 amide bonds. The summed E-state index contributed by atoms with van der Waals surface area (Å²) in [5.41, 5.74) is 1.62. The lowest BCUT2D eigenvalue weighted by atomic mass is 10.2. The molecular weight excluding hydrogens is 140 g/mol. The van der Waals surface area contributed by atoms with Crippen LogP contribution in [0.25, 0.3) is 0 Å². The third kappa shape index (κ3) is 1.77. The number of pyridine rings is 1. The summed E-state index contributed by atoms with van der Waals surface area (Å²) >= 11 is 0. The van der Waals surface area contributed by atoms with E-state index < -0.39 is 0 Å². The van der Waals surface area contributed by atoms with Crippen LogP contribution in [-0.4, -0.2) is 22.5 Å². The van der Waals surface area contributed by atoms with Crippen molar-refractivity contribution in [1.82, 2.24) is 4.98 Å². The van der Waals surface area contributed by atoms with E-state index in [4.69, 9.17) is 0 Å². The summed E-state index contributed by atoms with van der Waals surface area (Å²) in [7, 11) is 1.48. The second-order valence-corrected chi connectivity index (χ2v) is 2.32. The minimum Gasteiger partial charge on any atom is -0.624 e. The van der Waals surface area contributed by atoms with Crippen molar-refractivity contribution in [3.63, 3.8) is 0 Å². The summed E-state index contributed by atoms with van der Waals surface area (Å²) in [4.78, 5) is 3.85. The van der Waals surface area contributed by atoms with Gasteiger partial charge in [0.1, 0.15) is 7.05 Å². The van der Waals surface area contributed by atoms with E-state index in [2.05, 4.69) is 4.98 Å². The van der Waals surface area contributed by atoms with Crippen LogP contribution in [0.3, 0.4) is 0 Å². The molecule has 0 bridgehead atoms. The molecule has 1 rings (SSSR count). The first-order valence-electron chi connectivity index (χ1n) is 3.36. The van der Waals surface area contributed by atoms with Crippen LogP contribution in [0.4, 0.5) is 0 Å². The Kier molecular flexibility index (Phi) is 2.21. The molecule has 0 spiro atoms. The van der Waals surface area contributed by atoms with Gasteiger partial charge < -0.3 is 5.21 Å². The van der Waals surface area contributed by atoms with E-state index in [-0.39, 0.29) is 0 Å². The lowest BCUT2D eigenvalue weighted by Gasteiger charge is -2.01. The van der Waals surface area contributed by atoms with E-state index in [0.29, 0.717) is 5.71 Å². The lowest BCUT2D eigenvalue weighted by molar-refractivity contribution is -0.422. The third-order valence-corrected chi connectivity index (χ3v) is 1.57. The number of hydrogen-bond donors (Lipinski definition) is 0. The molecule has 1 aromatic heterocycles. The van der Waals surface area contributed by atoms with Crippen LogP contribution in [0.2, 0.25) is 0 Å². The summed E-state index contributed by atoms with van der Waals surface area (Å²) in [6.07, 6.45) is 3.34. The molecule has 0 fully saturated rings. The van der Waals surface area contributed by atoms with E-state index in [0.717, 1.165) is 10.3 Å². The van der Waals surface area contributed by atoms with E-state index >= 15 is 0 Å². The largest absolute Gasteiger partial charge is 0.624 e. The Morgan fingerprint density at radius 3 is 2.45 bits per heavy atom. The molecule has 0 aromatic carbocycles. The smallest absolute Gasteiger partial charge is 0.191 e. The minimum atomic E-state index is 0.701. The van der Waals surface area contributed by atoms with Crippen LogP contribution in [0.5, 0.6) is 0 Å². The van der Waals surface area contributed by atoms with Gasteiger partial charge in [0.25, 0.3) is 0 Å². The Bertz CT molecular complexity index is 263. The fourth-order valence-electron chi connectivity index (χ4n) is 0.775. The van der Waals surface area contributed by atoms with Gasteiger partial charge in [0.2, 0.25) is 0 Å². The molecular formula is C8H10N2O. The molecule has 0 aliphatic rings. The van der Waals surface area contributed by atoms with Gasteiger partial charge >= 0.3 is 0 Å². The second-order valence-electron chi connectivity index (χ2n) is 2.32. The van der Waals surface area contributed by atoms with Crippen molar-refractivity contribution >= 4 is 5.71 Å². The molecule has 0 atom stereocenters. The number of rotatable bonds is 1. The van der Waals surface area contributed by atoms with Gasteiger partial charge in [-0.3, -0.25) is 4.98 Å². The number of hydrogen-bond acceptors (Lipinski definition) is 2. The monoisotopic (exact) mass is 150 g/mol. The van der Waals surface area contributed by atoms with E-state index in [1.807, 2.05) is 12.1 Å². The van der Waals surface area contributed by atoms with Gasteiger partial charge in [-0.1, -0.05) is 0 Å². The van der Waals surface area contributed by atoms with Crippen molar-refractivity contribution in [1.29, 1.82) is 0 Å². The highest BCUT2D eigenvalue weighted by Gasteiger charge is 2.00. The Balaban J connectivity index is 3.04. The predicted octanol–water partition coefficient (Wildman–Crippen LogP) is 1.03. The van der Waals surface area contributed by atoms with Crippen molar-refractivity contribution in [2.75, 3.05) is 7.05 Å². The molecule has 0 saturated heterocycles. The first-order chi connectivity index (χ1) is 5.22. The van der Waals surface area contributed by atoms with Crippen LogP contribution in [0.15, 0.2) is 24.5 Å². The van der Waals surface area contributed by atoms with Gasteiger partial charge in [0, 0.05) is 24.9 Å². The van der Waals surface area contributed by atoms with Crippen molar-refractivity contribution < 1.29 is 4.74 Å². The van der Waals surface area contributed by atoms with Crippen molar-refractivity contribution in [3.8, 4) is 0 Å². The average molecular weight is 150 g/mol. The number of hydroxylamine groups is 1. The van der Waals surface area contributed by atoms with E-state index in [1.54, 1.807) is 19.3 Å². The number of aromatic nitrogens is 1. The van der Waals surface area contributed by atoms with Crippen LogP contribution in [-0.2, 0) is 0 Å². The Morgan fingerprint density at radius 2 is 2.00 bits per heavy atom. The highest BCUT2D eigenvalue weighted by Crippen LogP contribution is 1.97. The van der Waals surface area contributed by atoms with Crippen molar-refractivity contribution in [2.45, 2.75) is 6.92 Å². The first kappa shape index (κ1) is 7.72. The molecule has 0 unspecified atom stereocenters. The standard InChI is InChI=1S/C8H10N2O/c1-7(10(2)11)8-3-5-9-6-4-8/h3-6H,1-2H3/b10-7+. The Labute approximate surface area is 65.6 Å². The third-order valence-electron chi connectivity index (χ3n) is 1.57. The molecule has 0 radical (unpaired) electrons. The fraction of sp³-hybridized carbons (Fsp3) is 0.250. The Hall–Kier alpha value is -1.38. The maximum atomic E-state index is 10.8. The zero-order chi connectivity index (χ0) is 8.27. The van der Waals surface area contributed by atoms with Crippen LogP contribution in [0, 0.1) is 5.21 Å². The molecule has 0 N–H and O–H groups in total. The summed E-state index contributed by atoms with van der Waals surface area (Å²) in [6, 6.07) is 3.62. The van der Waals surface area contributed by atoms with Gasteiger partial charge in [-0.2, -0.15) is 0 Å². The maximum absolute atomic E-state index is 10.8. The SMILES string of the molecule is C/C(c1ccncc1)=[N+](/C)[O-]. The first-order valence-corrected chi connectivity index (χ1v) is 3.36. The zero-order valence-corrected chi connectivity index (χ0v) is 6.61. The summed E-state index contributed by atoms with van der Waals surface area (Å²) in [5.74, 6) is 0. The molecule has 11 heavy (non-hydrogen) atoms. The molecule has 3 nitrogen and oxygen atoms in total. The molecule has 0 aliphatic carbocycles. The molecule has 0 saturated carbocycles. The predicted molar refractivity (Wildman–Crippen MR) is 43.6 cm³/mol. The Morgan fingerprint density at radius 1 is 1.45 bits per heavy atom. The molecule has 0 aliphatic heterocycles. The maximum Gasteiger partial charge on any atom is 0.191 e. The molecule has 3 heteroatoms. The topological polar surface area (TPSA) is 39.0 Å². The number of nitrogens with zero attached hydrogens (tertiary/aromatic N) is 2. The van der Waals surface area contributed by atoms with Crippen molar-refractivity contribution in [2.24, 2.45) is 0 Å². The summed E-state index contributed by atoms with van der Waals surface area (Å²) in [6.45, 7) is 1.78. The van der Waals surface area contributed by atoms with E-state index in [1.165, 1.54) is 7.05 Å². The highest BCUT2D eigenvalue weighted by molar-refractivity contribution is 5.94. The van der Waals surface area contributed by atoms with Gasteiger partial charge in [-0.05, 0) is 12.1 Å². The zero-order valence-electron chi connectivity index (χ0n) is 6.61. The molecule has 1 heterocycles. The summed E-state index contributed by atoms with van der Waals surface area (Å²) in [5, 5.41) is 10.8. The minimum absolute atomic E-state index is 0.701. The summed E-state index contributed by atoms with van der Waals surface area (Å²) < 4.78 is 0.843. The van der Waals surface area contributed by atoms with Gasteiger partial charge in [0.15, 0.2) is 5.71 Å². The lowest BCUT2D eigenvalue weighted by Crippen LogP contribution is -2.08. The van der Waals surface area contributed by atoms with E-state index in [9.17, 15) is 5.21 Å². The van der Waals surface area contributed by atoms with Gasteiger partial charge in [0.05, 0.1) is 0 Å². The normalized spacial score (nSPS) is 12.5. The molecule has 1 aromatic rings. The highest BCUT2D eigenvalue weighted by atomic mass is 16.5. The van der Waals surface area contributed by atoms with Gasteiger partial charge in [-0.15, -0.1) is 0 Å². The van der Waals surface area contributed by atoms with Crippen molar-refractivity contribution in [3.05, 3.63) is 35.3 Å². The fourth-order valence-corrected chi connectivity index (χ4v) is 0.775. The quantitative estimate of drug-likeness (QED) is 0.259. The van der Waals surface area contributed by atoms with Crippen LogP contribution >= 0.6 is 0 Å². The molecule has 58 valence electrons. The van der Waals surface area contributed by atoms with Crippen LogP contribution in [0.1, 0.15) is 12.5 Å². The van der Waals surface area contributed by atoms with Gasteiger partial charge in [-0.25, -0.2) is 4.74 Å². The van der Waals surface area contributed by atoms with Crippen LogP contribution < -0.4 is 0 Å². The second kappa shape index (κ2) is 3.14. The average Bonchev–Trinajstić information content (AvgIpc) is 2.05.